The Balaban J connectivity index is 1.79. The zero-order chi connectivity index (χ0) is 15.2. The summed E-state index contributed by atoms with van der Waals surface area (Å²) in [5, 5.41) is 3.05. The van der Waals surface area contributed by atoms with Gasteiger partial charge in [0.25, 0.3) is 5.91 Å². The Labute approximate surface area is 127 Å². The van der Waals surface area contributed by atoms with E-state index in [1.807, 2.05) is 25.1 Å². The van der Waals surface area contributed by atoms with Gasteiger partial charge in [0.15, 0.2) is 0 Å². The zero-order valence-electron chi connectivity index (χ0n) is 13.1. The predicted molar refractivity (Wildman–Crippen MR) is 87.1 cm³/mol. The SMILES string of the molecule is Cc1cc(NN)ccc1C(=O)NCCC1CCC(C)CC1. The van der Waals surface area contributed by atoms with Gasteiger partial charge in [-0.15, -0.1) is 0 Å². The number of hydrogen-bond donors (Lipinski definition) is 3. The molecule has 1 aromatic carbocycles. The van der Waals surface area contributed by atoms with Crippen molar-refractivity contribution in [3.63, 3.8) is 0 Å². The first-order chi connectivity index (χ1) is 10.1. The van der Waals surface area contributed by atoms with E-state index < -0.39 is 0 Å². The summed E-state index contributed by atoms with van der Waals surface area (Å²) < 4.78 is 0. The zero-order valence-corrected chi connectivity index (χ0v) is 13.1. The summed E-state index contributed by atoms with van der Waals surface area (Å²) in [6.07, 6.45) is 6.40. The first-order valence-electron chi connectivity index (χ1n) is 7.95. The van der Waals surface area contributed by atoms with Crippen LogP contribution in [-0.4, -0.2) is 12.5 Å². The highest BCUT2D eigenvalue weighted by Gasteiger charge is 2.18. The van der Waals surface area contributed by atoms with E-state index in [2.05, 4.69) is 17.7 Å². The Bertz CT molecular complexity index is 479. The van der Waals surface area contributed by atoms with Crippen LogP contribution < -0.4 is 16.6 Å². The number of hydrogen-bond acceptors (Lipinski definition) is 3. The predicted octanol–water partition coefficient (Wildman–Crippen LogP) is 3.23. The molecule has 0 saturated heterocycles. The molecule has 0 atom stereocenters. The number of nitrogens with one attached hydrogen (secondary N) is 2. The normalized spacial score (nSPS) is 21.9. The van der Waals surface area contributed by atoms with Gasteiger partial charge >= 0.3 is 0 Å². The van der Waals surface area contributed by atoms with Crippen LogP contribution in [0.4, 0.5) is 5.69 Å². The molecule has 0 spiro atoms. The van der Waals surface area contributed by atoms with E-state index in [-0.39, 0.29) is 5.91 Å². The third-order valence-electron chi connectivity index (χ3n) is 4.61. The minimum absolute atomic E-state index is 0.0141. The first kappa shape index (κ1) is 15.8. The monoisotopic (exact) mass is 289 g/mol. The van der Waals surface area contributed by atoms with Crippen molar-refractivity contribution in [3.8, 4) is 0 Å². The van der Waals surface area contributed by atoms with E-state index in [0.29, 0.717) is 0 Å². The highest BCUT2D eigenvalue weighted by atomic mass is 16.1. The number of aryl methyl sites for hydroxylation is 1. The molecule has 0 aromatic heterocycles. The maximum atomic E-state index is 12.2. The molecular formula is C17H27N3O. The van der Waals surface area contributed by atoms with Crippen LogP contribution >= 0.6 is 0 Å². The highest BCUT2D eigenvalue weighted by Crippen LogP contribution is 2.29. The first-order valence-corrected chi connectivity index (χ1v) is 7.95. The average molecular weight is 289 g/mol. The standard InChI is InChI=1S/C17H27N3O/c1-12-3-5-14(6-4-12)9-10-19-17(21)16-8-7-15(20-18)11-13(16)2/h7-8,11-12,14,20H,3-6,9-10,18H2,1-2H3,(H,19,21). The number of nitrogen functional groups attached to an aromatic ring is 1. The van der Waals surface area contributed by atoms with E-state index in [9.17, 15) is 4.79 Å². The van der Waals surface area contributed by atoms with Gasteiger partial charge in [-0.3, -0.25) is 10.6 Å². The second kappa shape index (κ2) is 7.46. The van der Waals surface area contributed by atoms with Gasteiger partial charge in [0.1, 0.15) is 0 Å². The van der Waals surface area contributed by atoms with Gasteiger partial charge < -0.3 is 10.7 Å². The number of carbonyl (C=O) groups excluding carboxylic acids is 1. The fraction of sp³-hybridized carbons (Fsp3) is 0.588. The minimum Gasteiger partial charge on any atom is -0.352 e. The van der Waals surface area contributed by atoms with Crippen molar-refractivity contribution in [1.82, 2.24) is 5.32 Å². The van der Waals surface area contributed by atoms with Crippen LogP contribution in [0.25, 0.3) is 0 Å². The number of rotatable bonds is 5. The van der Waals surface area contributed by atoms with E-state index in [1.54, 1.807) is 0 Å². The van der Waals surface area contributed by atoms with Crippen LogP contribution in [0, 0.1) is 18.8 Å². The molecule has 1 aliphatic rings. The van der Waals surface area contributed by atoms with Crippen LogP contribution in [0.5, 0.6) is 0 Å². The van der Waals surface area contributed by atoms with Crippen LogP contribution in [0.3, 0.4) is 0 Å². The number of benzene rings is 1. The number of nitrogens with two attached hydrogens (primary N) is 1. The number of carbonyl (C=O) groups is 1. The molecule has 0 unspecified atom stereocenters. The Kier molecular flexibility index (Phi) is 5.62. The van der Waals surface area contributed by atoms with Crippen molar-refractivity contribution < 1.29 is 4.79 Å². The molecule has 1 fully saturated rings. The molecule has 1 aliphatic carbocycles. The molecule has 4 N–H and O–H groups in total. The molecule has 4 heteroatoms. The fourth-order valence-corrected chi connectivity index (χ4v) is 3.11. The Morgan fingerprint density at radius 3 is 2.62 bits per heavy atom. The maximum Gasteiger partial charge on any atom is 0.251 e. The van der Waals surface area contributed by atoms with E-state index in [4.69, 9.17) is 5.84 Å². The van der Waals surface area contributed by atoms with E-state index >= 15 is 0 Å². The van der Waals surface area contributed by atoms with E-state index in [1.165, 1.54) is 25.7 Å². The number of hydrazine groups is 1. The summed E-state index contributed by atoms with van der Waals surface area (Å²) in [5.41, 5.74) is 5.08. The fourth-order valence-electron chi connectivity index (χ4n) is 3.11. The summed E-state index contributed by atoms with van der Waals surface area (Å²) >= 11 is 0. The Morgan fingerprint density at radius 1 is 1.29 bits per heavy atom. The highest BCUT2D eigenvalue weighted by molar-refractivity contribution is 5.96. The molecule has 1 saturated carbocycles. The molecule has 0 aliphatic heterocycles. The lowest BCUT2D eigenvalue weighted by Gasteiger charge is -2.26. The molecule has 116 valence electrons. The Morgan fingerprint density at radius 2 is 2.00 bits per heavy atom. The summed E-state index contributed by atoms with van der Waals surface area (Å²) in [5.74, 6) is 7.05. The quantitative estimate of drug-likeness (QED) is 0.576. The Hall–Kier alpha value is -1.55. The molecule has 1 aromatic rings. The summed E-state index contributed by atoms with van der Waals surface area (Å²) in [7, 11) is 0. The second-order valence-corrected chi connectivity index (χ2v) is 6.34. The molecule has 21 heavy (non-hydrogen) atoms. The smallest absolute Gasteiger partial charge is 0.251 e. The summed E-state index contributed by atoms with van der Waals surface area (Å²) in [4.78, 5) is 12.2. The van der Waals surface area contributed by atoms with Crippen LogP contribution in [0.1, 0.15) is 54.9 Å². The molecule has 0 heterocycles. The average Bonchev–Trinajstić information content (AvgIpc) is 2.49. The molecular weight excluding hydrogens is 262 g/mol. The topological polar surface area (TPSA) is 67.1 Å². The van der Waals surface area contributed by atoms with Crippen molar-refractivity contribution in [2.45, 2.75) is 46.0 Å². The molecule has 1 amide bonds. The van der Waals surface area contributed by atoms with Crippen molar-refractivity contribution in [2.75, 3.05) is 12.0 Å². The van der Waals surface area contributed by atoms with Crippen molar-refractivity contribution >= 4 is 11.6 Å². The van der Waals surface area contributed by atoms with Gasteiger partial charge in [-0.25, -0.2) is 0 Å². The van der Waals surface area contributed by atoms with Gasteiger partial charge in [-0.1, -0.05) is 32.6 Å². The third-order valence-corrected chi connectivity index (χ3v) is 4.61. The van der Waals surface area contributed by atoms with Gasteiger partial charge in [0.05, 0.1) is 0 Å². The lowest BCUT2D eigenvalue weighted by Crippen LogP contribution is -2.27. The lowest BCUT2D eigenvalue weighted by atomic mass is 9.81. The van der Waals surface area contributed by atoms with Gasteiger partial charge in [0, 0.05) is 17.8 Å². The summed E-state index contributed by atoms with van der Waals surface area (Å²) in [6.45, 7) is 5.03. The summed E-state index contributed by atoms with van der Waals surface area (Å²) in [6, 6.07) is 5.53. The largest absolute Gasteiger partial charge is 0.352 e. The van der Waals surface area contributed by atoms with Gasteiger partial charge in [-0.05, 0) is 48.9 Å². The maximum absolute atomic E-state index is 12.2. The number of amides is 1. The number of anilines is 1. The van der Waals surface area contributed by atoms with Gasteiger partial charge in [-0.2, -0.15) is 0 Å². The van der Waals surface area contributed by atoms with Crippen molar-refractivity contribution in [2.24, 2.45) is 17.7 Å². The third kappa shape index (κ3) is 4.46. The van der Waals surface area contributed by atoms with E-state index in [0.717, 1.165) is 41.6 Å². The molecule has 0 bridgehead atoms. The molecule has 0 radical (unpaired) electrons. The minimum atomic E-state index is 0.0141. The molecule has 2 rings (SSSR count). The molecule has 4 nitrogen and oxygen atoms in total. The lowest BCUT2D eigenvalue weighted by molar-refractivity contribution is 0.0949. The van der Waals surface area contributed by atoms with Crippen molar-refractivity contribution in [1.29, 1.82) is 0 Å². The van der Waals surface area contributed by atoms with Crippen LogP contribution in [0.2, 0.25) is 0 Å². The van der Waals surface area contributed by atoms with Gasteiger partial charge in [0.2, 0.25) is 0 Å². The van der Waals surface area contributed by atoms with Crippen LogP contribution in [0.15, 0.2) is 18.2 Å². The second-order valence-electron chi connectivity index (χ2n) is 6.34. The van der Waals surface area contributed by atoms with Crippen LogP contribution in [-0.2, 0) is 0 Å². The van der Waals surface area contributed by atoms with Crippen molar-refractivity contribution in [3.05, 3.63) is 29.3 Å².